The van der Waals surface area contributed by atoms with Gasteiger partial charge >= 0.3 is 0 Å². The van der Waals surface area contributed by atoms with Crippen LogP contribution in [0.3, 0.4) is 0 Å². The monoisotopic (exact) mass is 322 g/mol. The Labute approximate surface area is 147 Å². The van der Waals surface area contributed by atoms with Crippen molar-refractivity contribution < 1.29 is 5.11 Å². The summed E-state index contributed by atoms with van der Waals surface area (Å²) in [5.41, 5.74) is 7.03. The van der Waals surface area contributed by atoms with Gasteiger partial charge in [-0.2, -0.15) is 0 Å². The Balaban J connectivity index is 1.91. The smallest absolute Gasteiger partial charge is 0.115 e. The molecule has 0 heterocycles. The molecule has 25 heavy (non-hydrogen) atoms. The molecule has 120 valence electrons. The van der Waals surface area contributed by atoms with Crippen molar-refractivity contribution in [3.05, 3.63) is 103 Å². The lowest BCUT2D eigenvalue weighted by Gasteiger charge is -2.13. The Bertz CT molecular complexity index is 971. The number of aromatic hydroxyl groups is 1. The highest BCUT2D eigenvalue weighted by molar-refractivity contribution is 5.87. The van der Waals surface area contributed by atoms with Crippen molar-refractivity contribution in [3.63, 3.8) is 0 Å². The lowest BCUT2D eigenvalue weighted by molar-refractivity contribution is 0.475. The quantitative estimate of drug-likeness (QED) is 0.463. The molecule has 1 N–H and O–H groups in total. The van der Waals surface area contributed by atoms with Crippen molar-refractivity contribution in [2.75, 3.05) is 0 Å². The average Bonchev–Trinajstić information content (AvgIpc) is 2.70. The fourth-order valence-corrected chi connectivity index (χ4v) is 3.10. The molecule has 0 aliphatic carbocycles. The normalized spacial score (nSPS) is 10.6. The summed E-state index contributed by atoms with van der Waals surface area (Å²) in [4.78, 5) is 0. The molecular formula is C24H18O. The Morgan fingerprint density at radius 3 is 1.56 bits per heavy atom. The van der Waals surface area contributed by atoms with Crippen molar-refractivity contribution in [3.8, 4) is 39.1 Å². The molecule has 0 atom stereocenters. The highest BCUT2D eigenvalue weighted by Crippen LogP contribution is 2.36. The van der Waals surface area contributed by atoms with Gasteiger partial charge in [-0.25, -0.2) is 0 Å². The van der Waals surface area contributed by atoms with Crippen LogP contribution in [0.25, 0.3) is 33.4 Å². The van der Waals surface area contributed by atoms with E-state index in [9.17, 15) is 5.11 Å². The Morgan fingerprint density at radius 2 is 0.920 bits per heavy atom. The summed E-state index contributed by atoms with van der Waals surface area (Å²) in [5, 5.41) is 9.58. The van der Waals surface area contributed by atoms with Gasteiger partial charge in [-0.3, -0.25) is 0 Å². The van der Waals surface area contributed by atoms with Crippen LogP contribution in [0.1, 0.15) is 0 Å². The Kier molecular flexibility index (Phi) is 4.05. The van der Waals surface area contributed by atoms with Crippen molar-refractivity contribution in [2.45, 2.75) is 0 Å². The van der Waals surface area contributed by atoms with Crippen LogP contribution in [0.15, 0.2) is 103 Å². The van der Waals surface area contributed by atoms with Crippen LogP contribution in [-0.2, 0) is 0 Å². The number of hydrogen-bond acceptors (Lipinski definition) is 1. The second-order valence-electron chi connectivity index (χ2n) is 6.04. The summed E-state index contributed by atoms with van der Waals surface area (Å²) in [7, 11) is 0. The molecule has 4 rings (SSSR count). The van der Waals surface area contributed by atoms with Crippen molar-refractivity contribution >= 4 is 0 Å². The molecule has 0 spiro atoms. The average molecular weight is 322 g/mol. The lowest BCUT2D eigenvalue weighted by atomic mass is 9.91. The first-order valence-electron chi connectivity index (χ1n) is 8.35. The van der Waals surface area contributed by atoms with Gasteiger partial charge in [0.25, 0.3) is 0 Å². The van der Waals surface area contributed by atoms with Gasteiger partial charge in [0.15, 0.2) is 0 Å². The van der Waals surface area contributed by atoms with E-state index >= 15 is 0 Å². The summed E-state index contributed by atoms with van der Waals surface area (Å²) in [5.74, 6) is 0.283. The van der Waals surface area contributed by atoms with Gasteiger partial charge in [0.1, 0.15) is 5.75 Å². The van der Waals surface area contributed by atoms with Crippen LogP contribution in [-0.4, -0.2) is 5.11 Å². The van der Waals surface area contributed by atoms with Crippen LogP contribution in [0.5, 0.6) is 5.75 Å². The molecule has 0 aromatic heterocycles. The summed E-state index contributed by atoms with van der Waals surface area (Å²) >= 11 is 0. The summed E-state index contributed by atoms with van der Waals surface area (Å²) in [6.45, 7) is 0. The molecular weight excluding hydrogens is 304 g/mol. The van der Waals surface area contributed by atoms with E-state index in [1.165, 1.54) is 22.3 Å². The molecule has 0 saturated carbocycles. The molecule has 1 heteroatoms. The maximum absolute atomic E-state index is 9.58. The highest BCUT2D eigenvalue weighted by atomic mass is 16.3. The van der Waals surface area contributed by atoms with E-state index in [1.54, 1.807) is 12.1 Å². The molecule has 4 aromatic carbocycles. The molecule has 0 saturated heterocycles. The van der Waals surface area contributed by atoms with E-state index in [-0.39, 0.29) is 5.75 Å². The minimum atomic E-state index is 0.283. The first kappa shape index (κ1) is 15.2. The second-order valence-corrected chi connectivity index (χ2v) is 6.04. The molecule has 0 amide bonds. The van der Waals surface area contributed by atoms with Gasteiger partial charge < -0.3 is 5.11 Å². The molecule has 0 bridgehead atoms. The number of phenols is 1. The third-order valence-corrected chi connectivity index (χ3v) is 4.39. The minimum absolute atomic E-state index is 0.283. The zero-order valence-electron chi connectivity index (χ0n) is 13.8. The molecule has 0 unspecified atom stereocenters. The fourth-order valence-electron chi connectivity index (χ4n) is 3.10. The largest absolute Gasteiger partial charge is 0.508 e. The fraction of sp³-hybridized carbons (Fsp3) is 0. The number of phenolic OH excluding ortho intramolecular Hbond substituents is 1. The summed E-state index contributed by atoms with van der Waals surface area (Å²) in [6, 6.07) is 34.8. The molecule has 0 radical (unpaired) electrons. The zero-order valence-corrected chi connectivity index (χ0v) is 13.8. The van der Waals surface area contributed by atoms with Crippen LogP contribution in [0.4, 0.5) is 0 Å². The third-order valence-electron chi connectivity index (χ3n) is 4.39. The van der Waals surface area contributed by atoms with Crippen LogP contribution in [0.2, 0.25) is 0 Å². The lowest BCUT2D eigenvalue weighted by Crippen LogP contribution is -1.87. The van der Waals surface area contributed by atoms with Gasteiger partial charge in [0.2, 0.25) is 0 Å². The van der Waals surface area contributed by atoms with Gasteiger partial charge in [0.05, 0.1) is 0 Å². The maximum atomic E-state index is 9.58. The topological polar surface area (TPSA) is 20.2 Å². The summed E-state index contributed by atoms with van der Waals surface area (Å²) in [6.07, 6.45) is 0. The van der Waals surface area contributed by atoms with Gasteiger partial charge in [0, 0.05) is 0 Å². The van der Waals surface area contributed by atoms with E-state index < -0.39 is 0 Å². The Morgan fingerprint density at radius 1 is 0.400 bits per heavy atom. The molecule has 0 aliphatic heterocycles. The van der Waals surface area contributed by atoms with Crippen LogP contribution in [0, 0.1) is 0 Å². The second kappa shape index (κ2) is 6.66. The standard InChI is InChI=1S/C24H18O/c25-22-14-11-20(12-15-22)23-16-13-21(18-7-3-1-4-8-18)17-24(23)19-9-5-2-6-10-19/h1-17,25H. The maximum Gasteiger partial charge on any atom is 0.115 e. The van der Waals surface area contributed by atoms with Crippen molar-refractivity contribution in [1.29, 1.82) is 0 Å². The van der Waals surface area contributed by atoms with E-state index in [4.69, 9.17) is 0 Å². The number of rotatable bonds is 3. The van der Waals surface area contributed by atoms with Gasteiger partial charge in [-0.1, -0.05) is 84.9 Å². The van der Waals surface area contributed by atoms with E-state index in [0.29, 0.717) is 0 Å². The SMILES string of the molecule is Oc1ccc(-c2ccc(-c3ccccc3)cc2-c2ccccc2)cc1. The van der Waals surface area contributed by atoms with Crippen molar-refractivity contribution in [2.24, 2.45) is 0 Å². The summed E-state index contributed by atoms with van der Waals surface area (Å²) < 4.78 is 0. The number of hydrogen-bond donors (Lipinski definition) is 1. The van der Waals surface area contributed by atoms with Crippen LogP contribution < -0.4 is 0 Å². The highest BCUT2D eigenvalue weighted by Gasteiger charge is 2.09. The van der Waals surface area contributed by atoms with Crippen molar-refractivity contribution in [1.82, 2.24) is 0 Å². The van der Waals surface area contributed by atoms with Gasteiger partial charge in [-0.05, 0) is 51.6 Å². The Hall–Kier alpha value is -3.32. The predicted octanol–water partition coefficient (Wildman–Crippen LogP) is 6.39. The molecule has 0 aliphatic rings. The zero-order chi connectivity index (χ0) is 17.1. The van der Waals surface area contributed by atoms with E-state index in [2.05, 4.69) is 66.7 Å². The first-order chi connectivity index (χ1) is 12.3. The van der Waals surface area contributed by atoms with Crippen LogP contribution >= 0.6 is 0 Å². The van der Waals surface area contributed by atoms with E-state index in [1.807, 2.05) is 24.3 Å². The molecule has 1 nitrogen and oxygen atoms in total. The number of benzene rings is 4. The minimum Gasteiger partial charge on any atom is -0.508 e. The van der Waals surface area contributed by atoms with Gasteiger partial charge in [-0.15, -0.1) is 0 Å². The first-order valence-corrected chi connectivity index (χ1v) is 8.35. The molecule has 0 fully saturated rings. The third kappa shape index (κ3) is 3.17. The predicted molar refractivity (Wildman–Crippen MR) is 104 cm³/mol. The van der Waals surface area contributed by atoms with E-state index in [0.717, 1.165) is 11.1 Å². The molecule has 4 aromatic rings.